The summed E-state index contributed by atoms with van der Waals surface area (Å²) in [5.41, 5.74) is 0. The lowest BCUT2D eigenvalue weighted by molar-refractivity contribution is -0.915. The molecule has 0 bridgehead atoms. The van der Waals surface area contributed by atoms with Crippen LogP contribution in [-0.4, -0.2) is 65.4 Å². The van der Waals surface area contributed by atoms with E-state index < -0.39 is 15.0 Å². The highest BCUT2D eigenvalue weighted by atomic mass is 28.4. The van der Waals surface area contributed by atoms with Crippen molar-refractivity contribution in [1.29, 1.82) is 0 Å². The van der Waals surface area contributed by atoms with Crippen LogP contribution in [0.5, 0.6) is 0 Å². The first-order valence-corrected chi connectivity index (χ1v) is 12.5. The molecular weight excluding hydrogens is 366 g/mol. The van der Waals surface area contributed by atoms with Gasteiger partial charge in [-0.15, -0.1) is 0 Å². The molecule has 0 N–H and O–H groups in total. The van der Waals surface area contributed by atoms with E-state index in [2.05, 4.69) is 6.92 Å². The Morgan fingerprint density at radius 1 is 0.889 bits per heavy atom. The van der Waals surface area contributed by atoms with Gasteiger partial charge in [0.05, 0.1) is 32.2 Å². The second kappa shape index (κ2) is 15.3. The van der Waals surface area contributed by atoms with E-state index in [1.807, 2.05) is 20.8 Å². The number of quaternary nitrogens is 1. The van der Waals surface area contributed by atoms with Crippen LogP contribution < -0.4 is 10.2 Å². The van der Waals surface area contributed by atoms with Crippen LogP contribution in [0.25, 0.3) is 0 Å². The van der Waals surface area contributed by atoms with Crippen LogP contribution in [0.4, 0.5) is 4.79 Å². The molecule has 0 radical (unpaired) electrons. The first-order valence-electron chi connectivity index (χ1n) is 10.5. The molecule has 0 aromatic carbocycles. The summed E-state index contributed by atoms with van der Waals surface area (Å²) < 4.78 is 19.4. The van der Waals surface area contributed by atoms with E-state index >= 15 is 0 Å². The fourth-order valence-corrected chi connectivity index (χ4v) is 6.57. The van der Waals surface area contributed by atoms with Crippen molar-refractivity contribution >= 4 is 15.0 Å². The topological polar surface area (TPSA) is 90.9 Å². The Morgan fingerprint density at radius 2 is 1.37 bits per heavy atom. The number of carbonyl (C=O) groups is 1. The van der Waals surface area contributed by atoms with Crippen LogP contribution in [0, 0.1) is 0 Å². The average molecular weight is 408 g/mol. The molecule has 1 heterocycles. The van der Waals surface area contributed by atoms with Gasteiger partial charge in [0.1, 0.15) is 0 Å². The van der Waals surface area contributed by atoms with Gasteiger partial charge >= 0.3 is 10.2 Å². The minimum Gasteiger partial charge on any atom is -0.652 e. The minimum atomic E-state index is -2.48. The van der Waals surface area contributed by atoms with Gasteiger partial charge < -0.3 is 32.8 Å². The maximum atomic E-state index is 8.33. The Bertz CT molecular complexity index is 362. The zero-order chi connectivity index (χ0) is 20.6. The lowest BCUT2D eigenvalue weighted by atomic mass is 10.2. The van der Waals surface area contributed by atoms with E-state index in [1.54, 1.807) is 0 Å². The molecule has 0 aliphatic carbocycles. The summed E-state index contributed by atoms with van der Waals surface area (Å²) >= 11 is 0. The maximum Gasteiger partial charge on any atom is 1.00 e. The number of carbonyl (C=O) groups excluding carboxylic acids is 1. The molecule has 0 spiro atoms. The largest absolute Gasteiger partial charge is 1.00 e. The quantitative estimate of drug-likeness (QED) is 0.248. The number of hydrogen-bond donors (Lipinski definition) is 0. The molecule has 0 amide bonds. The highest BCUT2D eigenvalue weighted by molar-refractivity contribution is 6.60. The molecule has 1 aliphatic heterocycles. The normalized spacial score (nSPS) is 16.0. The third-order valence-corrected chi connectivity index (χ3v) is 8.01. The number of unbranched alkanes of at least 4 members (excludes halogenated alkanes) is 3. The standard InChI is InChI=1S/C18H40NO3Si.CH2O3/c1-5-9-10-11-14-19(15-12-13-16-19)17-18-23(20-6-2,21-7-3)22-8-4;2-1(3)4/h5-18H2,1-4H3;(H2,2,3,4)/q+1;/p-1. The molecule has 0 aromatic heterocycles. The fraction of sp³-hybridized carbons (Fsp3) is 0.947. The van der Waals surface area contributed by atoms with Gasteiger partial charge in [0.2, 0.25) is 0 Å². The van der Waals surface area contributed by atoms with Crippen molar-refractivity contribution in [2.45, 2.75) is 72.3 Å². The predicted molar refractivity (Wildman–Crippen MR) is 105 cm³/mol. The van der Waals surface area contributed by atoms with Crippen molar-refractivity contribution in [1.82, 2.24) is 0 Å². The summed E-state index contributed by atoms with van der Waals surface area (Å²) in [5.74, 6) is 0. The van der Waals surface area contributed by atoms with Gasteiger partial charge in [-0.25, -0.2) is 0 Å². The summed E-state index contributed by atoms with van der Waals surface area (Å²) in [5, 5.41) is 16.7. The highest BCUT2D eigenvalue weighted by Crippen LogP contribution is 2.26. The van der Waals surface area contributed by atoms with Crippen molar-refractivity contribution in [3.05, 3.63) is 0 Å². The zero-order valence-electron chi connectivity index (χ0n) is 18.8. The van der Waals surface area contributed by atoms with Crippen molar-refractivity contribution in [2.75, 3.05) is 46.0 Å². The molecule has 27 heavy (non-hydrogen) atoms. The molecule has 7 nitrogen and oxygen atoms in total. The molecule has 0 saturated carbocycles. The second-order valence-corrected chi connectivity index (χ2v) is 9.72. The summed E-state index contributed by atoms with van der Waals surface area (Å²) in [4.78, 5) is 8.33. The van der Waals surface area contributed by atoms with Gasteiger partial charge in [0.25, 0.3) is 0 Å². The minimum absolute atomic E-state index is 0. The molecular formula is C19H41NO6Si. The van der Waals surface area contributed by atoms with Crippen molar-refractivity contribution in [3.63, 3.8) is 0 Å². The smallest absolute Gasteiger partial charge is 0.652 e. The van der Waals surface area contributed by atoms with Gasteiger partial charge in [-0.3, -0.25) is 0 Å². The summed E-state index contributed by atoms with van der Waals surface area (Å²) in [6.07, 6.45) is 5.84. The monoisotopic (exact) mass is 407 g/mol. The van der Waals surface area contributed by atoms with Gasteiger partial charge in [-0.1, -0.05) is 19.8 Å². The van der Waals surface area contributed by atoms with Crippen LogP contribution >= 0.6 is 0 Å². The SMILES string of the molecule is CCCCCC[N+]1(CC[Si](OCC)(OCC)OCC)CCCC1.O=C([O-])[O-].[H+]. The second-order valence-electron chi connectivity index (χ2n) is 6.99. The van der Waals surface area contributed by atoms with Gasteiger partial charge in [-0.2, -0.15) is 0 Å². The number of rotatable bonds is 14. The number of carboxylic acid groups (broad SMARTS) is 2. The fourth-order valence-electron chi connectivity index (χ4n) is 3.81. The molecule has 1 rings (SSSR count). The third-order valence-electron chi connectivity index (χ3n) is 4.99. The lowest BCUT2D eigenvalue weighted by Crippen LogP contribution is -2.53. The molecule has 0 aromatic rings. The first-order chi connectivity index (χ1) is 12.9. The average Bonchev–Trinajstić information content (AvgIpc) is 3.07. The van der Waals surface area contributed by atoms with E-state index in [-0.39, 0.29) is 1.43 Å². The first kappa shape index (κ1) is 26.3. The van der Waals surface area contributed by atoms with E-state index in [1.165, 1.54) is 69.2 Å². The molecule has 162 valence electrons. The van der Waals surface area contributed by atoms with Crippen LogP contribution in [-0.2, 0) is 13.3 Å². The molecule has 0 atom stereocenters. The predicted octanol–water partition coefficient (Wildman–Crippen LogP) is 1.89. The summed E-state index contributed by atoms with van der Waals surface area (Å²) in [6.45, 7) is 15.6. The van der Waals surface area contributed by atoms with Gasteiger partial charge in [0.15, 0.2) is 0 Å². The van der Waals surface area contributed by atoms with E-state index in [0.717, 1.165) is 6.04 Å². The van der Waals surface area contributed by atoms with Crippen LogP contribution in [0.15, 0.2) is 0 Å². The van der Waals surface area contributed by atoms with Crippen molar-refractivity contribution < 1.29 is 34.2 Å². The van der Waals surface area contributed by atoms with E-state index in [9.17, 15) is 0 Å². The van der Waals surface area contributed by atoms with Crippen molar-refractivity contribution in [2.24, 2.45) is 0 Å². The van der Waals surface area contributed by atoms with E-state index in [0.29, 0.717) is 19.8 Å². The molecule has 1 fully saturated rings. The lowest BCUT2D eigenvalue weighted by Gasteiger charge is -2.37. The van der Waals surface area contributed by atoms with Gasteiger partial charge in [0, 0.05) is 32.7 Å². The Morgan fingerprint density at radius 3 is 1.78 bits per heavy atom. The van der Waals surface area contributed by atoms with E-state index in [4.69, 9.17) is 28.3 Å². The Kier molecular flexibility index (Phi) is 14.9. The molecule has 1 aliphatic rings. The maximum absolute atomic E-state index is 8.33. The molecule has 1 saturated heterocycles. The summed E-state index contributed by atoms with van der Waals surface area (Å²) in [7, 11) is -2.48. The highest BCUT2D eigenvalue weighted by Gasteiger charge is 2.44. The molecule has 0 unspecified atom stereocenters. The Hall–Kier alpha value is -0.673. The Balaban J connectivity index is 0. The zero-order valence-corrected chi connectivity index (χ0v) is 18.8. The van der Waals surface area contributed by atoms with Gasteiger partial charge in [-0.05, 0) is 39.8 Å². The third kappa shape index (κ3) is 11.7. The number of nitrogens with zero attached hydrogens (tertiary/aromatic N) is 1. The van der Waals surface area contributed by atoms with Crippen LogP contribution in [0.1, 0.15) is 67.6 Å². The molecule has 8 heteroatoms. The number of likely N-dealkylation sites (tertiary alicyclic amines) is 1. The van der Waals surface area contributed by atoms with Crippen LogP contribution in [0.2, 0.25) is 6.04 Å². The summed E-state index contributed by atoms with van der Waals surface area (Å²) in [6, 6.07) is 0.969. The number of hydrogen-bond acceptors (Lipinski definition) is 6. The van der Waals surface area contributed by atoms with Crippen molar-refractivity contribution in [3.8, 4) is 0 Å². The van der Waals surface area contributed by atoms with Crippen LogP contribution in [0.3, 0.4) is 0 Å². The Labute approximate surface area is 168 Å².